The van der Waals surface area contributed by atoms with Gasteiger partial charge in [-0.3, -0.25) is 4.79 Å². The van der Waals surface area contributed by atoms with E-state index in [0.29, 0.717) is 13.0 Å². The summed E-state index contributed by atoms with van der Waals surface area (Å²) in [7, 11) is 0. The predicted molar refractivity (Wildman–Crippen MR) is 73.1 cm³/mol. The second-order valence-corrected chi connectivity index (χ2v) is 6.67. The summed E-state index contributed by atoms with van der Waals surface area (Å²) in [5.74, 6) is 0.158. The van der Waals surface area contributed by atoms with Crippen LogP contribution >= 0.6 is 0 Å². The number of piperidine rings is 1. The highest BCUT2D eigenvalue weighted by atomic mass is 16.6. The van der Waals surface area contributed by atoms with Crippen LogP contribution in [-0.4, -0.2) is 52.8 Å². The second kappa shape index (κ2) is 5.60. The van der Waals surface area contributed by atoms with Crippen molar-refractivity contribution in [1.82, 2.24) is 10.2 Å². The highest BCUT2D eigenvalue weighted by molar-refractivity contribution is 5.81. The van der Waals surface area contributed by atoms with Crippen LogP contribution in [0.4, 0.5) is 4.79 Å². The van der Waals surface area contributed by atoms with Crippen molar-refractivity contribution in [2.75, 3.05) is 13.1 Å². The van der Waals surface area contributed by atoms with Crippen molar-refractivity contribution in [2.24, 2.45) is 5.92 Å². The third-order valence-electron chi connectivity index (χ3n) is 3.51. The van der Waals surface area contributed by atoms with Gasteiger partial charge in [0.1, 0.15) is 5.60 Å². The van der Waals surface area contributed by atoms with Crippen LogP contribution in [0.1, 0.15) is 40.0 Å². The molecule has 0 spiro atoms. The molecule has 20 heavy (non-hydrogen) atoms. The summed E-state index contributed by atoms with van der Waals surface area (Å²) in [4.78, 5) is 25.1. The Morgan fingerprint density at radius 1 is 1.25 bits per heavy atom. The number of likely N-dealkylation sites (tertiary alicyclic amines) is 1. The molecule has 1 saturated carbocycles. The predicted octanol–water partition coefficient (Wildman–Crippen LogP) is 0.883. The molecular formula is C14H24N2O4. The van der Waals surface area contributed by atoms with E-state index in [1.807, 2.05) is 20.8 Å². The van der Waals surface area contributed by atoms with Crippen molar-refractivity contribution in [3.8, 4) is 0 Å². The first-order valence-electron chi connectivity index (χ1n) is 7.22. The average Bonchev–Trinajstić information content (AvgIpc) is 3.13. The van der Waals surface area contributed by atoms with Crippen molar-refractivity contribution in [1.29, 1.82) is 0 Å². The number of amides is 2. The second-order valence-electron chi connectivity index (χ2n) is 6.67. The summed E-state index contributed by atoms with van der Waals surface area (Å²) in [5, 5.41) is 12.9. The number of aliphatic hydroxyl groups is 1. The van der Waals surface area contributed by atoms with E-state index < -0.39 is 17.8 Å². The van der Waals surface area contributed by atoms with Crippen LogP contribution in [0.15, 0.2) is 0 Å². The maximum atomic E-state index is 11.9. The Hall–Kier alpha value is -1.30. The Balaban J connectivity index is 1.82. The molecule has 2 amide bonds. The first-order chi connectivity index (χ1) is 9.26. The van der Waals surface area contributed by atoms with Gasteiger partial charge in [-0.2, -0.15) is 0 Å². The van der Waals surface area contributed by atoms with Gasteiger partial charge in [-0.1, -0.05) is 0 Å². The van der Waals surface area contributed by atoms with E-state index in [1.54, 1.807) is 0 Å². The molecule has 0 aromatic rings. The number of carbonyl (C=O) groups is 2. The first-order valence-corrected chi connectivity index (χ1v) is 7.22. The summed E-state index contributed by atoms with van der Waals surface area (Å²) in [6.45, 7) is 6.12. The number of carbonyl (C=O) groups excluding carboxylic acids is 2. The van der Waals surface area contributed by atoms with Crippen LogP contribution in [0.5, 0.6) is 0 Å². The smallest absolute Gasteiger partial charge is 0.410 e. The fourth-order valence-electron chi connectivity index (χ4n) is 2.24. The molecule has 1 heterocycles. The fourth-order valence-corrected chi connectivity index (χ4v) is 2.24. The van der Waals surface area contributed by atoms with Gasteiger partial charge in [0.25, 0.3) is 0 Å². The zero-order valence-corrected chi connectivity index (χ0v) is 12.4. The summed E-state index contributed by atoms with van der Waals surface area (Å²) in [5.41, 5.74) is -0.543. The molecule has 2 atom stereocenters. The molecule has 0 unspecified atom stereocenters. The molecule has 0 aromatic carbocycles. The third-order valence-corrected chi connectivity index (χ3v) is 3.51. The number of hydrogen-bond donors (Lipinski definition) is 2. The van der Waals surface area contributed by atoms with Crippen LogP contribution in [0.25, 0.3) is 0 Å². The lowest BCUT2D eigenvalue weighted by Gasteiger charge is -2.36. The lowest BCUT2D eigenvalue weighted by molar-refractivity contribution is -0.124. The Labute approximate surface area is 119 Å². The largest absolute Gasteiger partial charge is 0.444 e. The molecule has 1 saturated heterocycles. The van der Waals surface area contributed by atoms with E-state index in [-0.39, 0.29) is 24.4 Å². The minimum absolute atomic E-state index is 0.0276. The number of hydrogen-bond acceptors (Lipinski definition) is 4. The zero-order valence-electron chi connectivity index (χ0n) is 12.4. The minimum atomic E-state index is -0.737. The van der Waals surface area contributed by atoms with Crippen LogP contribution in [0, 0.1) is 5.92 Å². The summed E-state index contributed by atoms with van der Waals surface area (Å²) >= 11 is 0. The maximum absolute atomic E-state index is 11.9. The molecule has 2 rings (SSSR count). The van der Waals surface area contributed by atoms with E-state index in [1.165, 1.54) is 4.90 Å². The van der Waals surface area contributed by atoms with Crippen molar-refractivity contribution in [2.45, 2.75) is 57.8 Å². The molecule has 0 aromatic heterocycles. The standard InChI is InChI=1S/C14H24N2O4/c1-14(2,3)20-13(19)16-7-6-10(11(17)8-16)15-12(18)9-4-5-9/h9-11,17H,4-8H2,1-3H3,(H,15,18)/t10-,11-/m1/s1. The molecule has 6 heteroatoms. The number of β-amino-alcohol motifs (C(OH)–C–C–N with tert-alkyl or cyclic N) is 1. The molecule has 0 bridgehead atoms. The van der Waals surface area contributed by atoms with Crippen LogP contribution in [-0.2, 0) is 9.53 Å². The number of aliphatic hydroxyl groups excluding tert-OH is 1. The molecule has 114 valence electrons. The maximum Gasteiger partial charge on any atom is 0.410 e. The fraction of sp³-hybridized carbons (Fsp3) is 0.857. The SMILES string of the molecule is CC(C)(C)OC(=O)N1CC[C@@H](NC(=O)C2CC2)[C@H](O)C1. The van der Waals surface area contributed by atoms with Gasteiger partial charge >= 0.3 is 6.09 Å². The Bertz CT molecular complexity index is 387. The highest BCUT2D eigenvalue weighted by Gasteiger charge is 2.36. The van der Waals surface area contributed by atoms with E-state index in [2.05, 4.69) is 5.32 Å². The van der Waals surface area contributed by atoms with Gasteiger partial charge in [-0.15, -0.1) is 0 Å². The average molecular weight is 284 g/mol. The van der Waals surface area contributed by atoms with Gasteiger partial charge in [0.05, 0.1) is 18.7 Å². The van der Waals surface area contributed by atoms with Gasteiger partial charge in [0, 0.05) is 12.5 Å². The van der Waals surface area contributed by atoms with Crippen molar-refractivity contribution in [3.05, 3.63) is 0 Å². The molecule has 2 aliphatic rings. The molecule has 6 nitrogen and oxygen atoms in total. The van der Waals surface area contributed by atoms with Gasteiger partial charge in [-0.25, -0.2) is 4.79 Å². The van der Waals surface area contributed by atoms with Crippen LogP contribution in [0.3, 0.4) is 0 Å². The van der Waals surface area contributed by atoms with Gasteiger partial charge < -0.3 is 20.1 Å². The van der Waals surface area contributed by atoms with E-state index in [9.17, 15) is 14.7 Å². The number of rotatable bonds is 2. The monoisotopic (exact) mass is 284 g/mol. The zero-order chi connectivity index (χ0) is 14.9. The Morgan fingerprint density at radius 3 is 2.40 bits per heavy atom. The molecule has 1 aliphatic heterocycles. The van der Waals surface area contributed by atoms with Crippen LogP contribution in [0.2, 0.25) is 0 Å². The molecule has 2 N–H and O–H groups in total. The molecule has 1 aliphatic carbocycles. The van der Waals surface area contributed by atoms with Gasteiger partial charge in [0.2, 0.25) is 5.91 Å². The van der Waals surface area contributed by atoms with Crippen molar-refractivity contribution >= 4 is 12.0 Å². The number of nitrogens with one attached hydrogen (secondary N) is 1. The molecule has 2 fully saturated rings. The van der Waals surface area contributed by atoms with Crippen molar-refractivity contribution < 1.29 is 19.4 Å². The Kier molecular flexibility index (Phi) is 4.22. The van der Waals surface area contributed by atoms with E-state index in [4.69, 9.17) is 4.74 Å². The molecular weight excluding hydrogens is 260 g/mol. The normalized spacial score (nSPS) is 27.1. The van der Waals surface area contributed by atoms with E-state index in [0.717, 1.165) is 12.8 Å². The lowest BCUT2D eigenvalue weighted by Crippen LogP contribution is -2.56. The summed E-state index contributed by atoms with van der Waals surface area (Å²) in [6, 6.07) is -0.262. The summed E-state index contributed by atoms with van der Waals surface area (Å²) in [6.07, 6.45) is 1.29. The van der Waals surface area contributed by atoms with E-state index >= 15 is 0 Å². The lowest BCUT2D eigenvalue weighted by atomic mass is 10.0. The molecule has 0 radical (unpaired) electrons. The topological polar surface area (TPSA) is 78.9 Å². The quantitative estimate of drug-likeness (QED) is 0.789. The van der Waals surface area contributed by atoms with Gasteiger partial charge in [-0.05, 0) is 40.0 Å². The number of ether oxygens (including phenoxy) is 1. The summed E-state index contributed by atoms with van der Waals surface area (Å²) < 4.78 is 5.28. The van der Waals surface area contributed by atoms with Crippen LogP contribution < -0.4 is 5.32 Å². The Morgan fingerprint density at radius 2 is 1.90 bits per heavy atom. The number of nitrogens with zero attached hydrogens (tertiary/aromatic N) is 1. The minimum Gasteiger partial charge on any atom is -0.444 e. The van der Waals surface area contributed by atoms with Gasteiger partial charge in [0.15, 0.2) is 0 Å². The highest BCUT2D eigenvalue weighted by Crippen LogP contribution is 2.29. The first kappa shape index (κ1) is 15.1. The third kappa shape index (κ3) is 4.10. The van der Waals surface area contributed by atoms with Crippen molar-refractivity contribution in [3.63, 3.8) is 0 Å².